The Morgan fingerprint density at radius 2 is 2.44 bits per heavy atom. The molecule has 1 aliphatic rings. The molecule has 0 saturated carbocycles. The largest absolute Gasteiger partial charge is 0.372 e. The highest BCUT2D eigenvalue weighted by Crippen LogP contribution is 2.20. The van der Waals surface area contributed by atoms with Crippen molar-refractivity contribution in [2.24, 2.45) is 7.05 Å². The predicted molar refractivity (Wildman–Crippen MR) is 63.6 cm³/mol. The lowest BCUT2D eigenvalue weighted by Gasteiger charge is -2.23. The molecule has 0 aromatic carbocycles. The molecule has 1 N–H and O–H groups in total. The first-order valence-electron chi connectivity index (χ1n) is 5.68. The van der Waals surface area contributed by atoms with Gasteiger partial charge in [0.15, 0.2) is 0 Å². The van der Waals surface area contributed by atoms with Crippen molar-refractivity contribution < 1.29 is 4.74 Å². The van der Waals surface area contributed by atoms with E-state index in [1.54, 1.807) is 4.68 Å². The Labute approximate surface area is 101 Å². The van der Waals surface area contributed by atoms with E-state index in [1.807, 2.05) is 14.0 Å². The number of nitrogens with one attached hydrogen (secondary N) is 1. The van der Waals surface area contributed by atoms with Crippen molar-refractivity contribution in [3.8, 4) is 0 Å². The molecule has 0 aliphatic carbocycles. The number of aromatic nitrogens is 2. The maximum atomic E-state index is 6.14. The van der Waals surface area contributed by atoms with Gasteiger partial charge in [-0.3, -0.25) is 4.68 Å². The number of piperidine rings is 1. The standard InChI is InChI=1S/C11H18ClN3O/c1-8-10(11(12)15(2)14-8)7-16-9-4-3-5-13-6-9/h9,13H,3-7H2,1-2H3/t9-/m0/s1. The Morgan fingerprint density at radius 1 is 1.62 bits per heavy atom. The molecule has 2 heterocycles. The van der Waals surface area contributed by atoms with E-state index in [4.69, 9.17) is 16.3 Å². The summed E-state index contributed by atoms with van der Waals surface area (Å²) in [6.07, 6.45) is 2.62. The van der Waals surface area contributed by atoms with Gasteiger partial charge in [-0.25, -0.2) is 0 Å². The van der Waals surface area contributed by atoms with Gasteiger partial charge in [-0.05, 0) is 26.3 Å². The summed E-state index contributed by atoms with van der Waals surface area (Å²) in [5.41, 5.74) is 1.96. The smallest absolute Gasteiger partial charge is 0.132 e. The second kappa shape index (κ2) is 5.17. The molecule has 0 bridgehead atoms. The summed E-state index contributed by atoms with van der Waals surface area (Å²) < 4.78 is 7.53. The number of hydrogen-bond acceptors (Lipinski definition) is 3. The number of ether oxygens (including phenoxy) is 1. The molecule has 90 valence electrons. The lowest BCUT2D eigenvalue weighted by atomic mass is 10.1. The van der Waals surface area contributed by atoms with Crippen LogP contribution in [0.15, 0.2) is 0 Å². The van der Waals surface area contributed by atoms with Gasteiger partial charge < -0.3 is 10.1 Å². The third kappa shape index (κ3) is 2.56. The van der Waals surface area contributed by atoms with Crippen LogP contribution < -0.4 is 5.32 Å². The van der Waals surface area contributed by atoms with Crippen molar-refractivity contribution >= 4 is 11.6 Å². The van der Waals surface area contributed by atoms with E-state index < -0.39 is 0 Å². The van der Waals surface area contributed by atoms with Crippen LogP contribution in [-0.4, -0.2) is 29.0 Å². The average molecular weight is 244 g/mol. The molecule has 1 saturated heterocycles. The molecule has 1 atom stereocenters. The van der Waals surface area contributed by atoms with Crippen LogP contribution in [-0.2, 0) is 18.4 Å². The molecule has 1 fully saturated rings. The average Bonchev–Trinajstić information content (AvgIpc) is 2.53. The van der Waals surface area contributed by atoms with Crippen LogP contribution in [0.1, 0.15) is 24.1 Å². The minimum atomic E-state index is 0.310. The van der Waals surface area contributed by atoms with Crippen LogP contribution in [0.25, 0.3) is 0 Å². The van der Waals surface area contributed by atoms with Crippen LogP contribution in [0.3, 0.4) is 0 Å². The molecule has 0 radical (unpaired) electrons. The molecule has 4 nitrogen and oxygen atoms in total. The molecular weight excluding hydrogens is 226 g/mol. The van der Waals surface area contributed by atoms with Gasteiger partial charge in [0.1, 0.15) is 5.15 Å². The first-order chi connectivity index (χ1) is 7.68. The van der Waals surface area contributed by atoms with Crippen LogP contribution >= 0.6 is 11.6 Å². The fourth-order valence-electron chi connectivity index (χ4n) is 2.00. The van der Waals surface area contributed by atoms with Gasteiger partial charge in [0.2, 0.25) is 0 Å². The minimum absolute atomic E-state index is 0.310. The molecule has 0 spiro atoms. The van der Waals surface area contributed by atoms with E-state index in [9.17, 15) is 0 Å². The van der Waals surface area contributed by atoms with Crippen molar-refractivity contribution in [1.29, 1.82) is 0 Å². The Bertz CT molecular complexity index is 358. The summed E-state index contributed by atoms with van der Waals surface area (Å²) >= 11 is 6.14. The van der Waals surface area contributed by atoms with E-state index in [0.717, 1.165) is 30.8 Å². The first-order valence-corrected chi connectivity index (χ1v) is 6.06. The SMILES string of the molecule is Cc1nn(C)c(Cl)c1CO[C@H]1CCCNC1. The summed E-state index contributed by atoms with van der Waals surface area (Å²) in [5, 5.41) is 8.27. The van der Waals surface area contributed by atoms with Crippen molar-refractivity contribution in [2.45, 2.75) is 32.5 Å². The summed E-state index contributed by atoms with van der Waals surface area (Å²) in [6, 6.07) is 0. The van der Waals surface area contributed by atoms with Gasteiger partial charge in [0.05, 0.1) is 18.4 Å². The van der Waals surface area contributed by atoms with Crippen LogP contribution in [0.2, 0.25) is 5.15 Å². The van der Waals surface area contributed by atoms with E-state index in [0.29, 0.717) is 17.9 Å². The van der Waals surface area contributed by atoms with E-state index in [1.165, 1.54) is 6.42 Å². The normalized spacial score (nSPS) is 21.3. The van der Waals surface area contributed by atoms with E-state index in [-0.39, 0.29) is 0 Å². The molecule has 0 unspecified atom stereocenters. The van der Waals surface area contributed by atoms with Gasteiger partial charge >= 0.3 is 0 Å². The number of hydrogen-bond donors (Lipinski definition) is 1. The molecule has 1 aromatic rings. The quantitative estimate of drug-likeness (QED) is 0.878. The van der Waals surface area contributed by atoms with Gasteiger partial charge in [0.25, 0.3) is 0 Å². The first kappa shape index (κ1) is 11.9. The number of rotatable bonds is 3. The molecule has 2 rings (SSSR count). The predicted octanol–water partition coefficient (Wildman–Crippen LogP) is 1.65. The van der Waals surface area contributed by atoms with Crippen molar-refractivity contribution in [3.63, 3.8) is 0 Å². The fraction of sp³-hybridized carbons (Fsp3) is 0.727. The van der Waals surface area contributed by atoms with E-state index >= 15 is 0 Å². The van der Waals surface area contributed by atoms with Crippen LogP contribution in [0, 0.1) is 6.92 Å². The topological polar surface area (TPSA) is 39.1 Å². The third-order valence-corrected chi connectivity index (χ3v) is 3.46. The van der Waals surface area contributed by atoms with Gasteiger partial charge in [0, 0.05) is 19.2 Å². The lowest BCUT2D eigenvalue weighted by molar-refractivity contribution is 0.0251. The highest BCUT2D eigenvalue weighted by Gasteiger charge is 2.16. The highest BCUT2D eigenvalue weighted by molar-refractivity contribution is 6.30. The monoisotopic (exact) mass is 243 g/mol. The fourth-order valence-corrected chi connectivity index (χ4v) is 2.23. The molecular formula is C11H18ClN3O. The van der Waals surface area contributed by atoms with Crippen molar-refractivity contribution in [1.82, 2.24) is 15.1 Å². The zero-order chi connectivity index (χ0) is 11.5. The van der Waals surface area contributed by atoms with Crippen molar-refractivity contribution in [2.75, 3.05) is 13.1 Å². The molecule has 0 amide bonds. The second-order valence-corrected chi connectivity index (χ2v) is 4.62. The maximum Gasteiger partial charge on any atom is 0.132 e. The van der Waals surface area contributed by atoms with Gasteiger partial charge in [-0.1, -0.05) is 11.6 Å². The van der Waals surface area contributed by atoms with E-state index in [2.05, 4.69) is 10.4 Å². The minimum Gasteiger partial charge on any atom is -0.372 e. The molecule has 1 aliphatic heterocycles. The Hall–Kier alpha value is -0.580. The van der Waals surface area contributed by atoms with Crippen molar-refractivity contribution in [3.05, 3.63) is 16.4 Å². The van der Waals surface area contributed by atoms with Crippen LogP contribution in [0.5, 0.6) is 0 Å². The summed E-state index contributed by atoms with van der Waals surface area (Å²) in [7, 11) is 1.85. The van der Waals surface area contributed by atoms with Gasteiger partial charge in [-0.15, -0.1) is 0 Å². The molecule has 5 heteroatoms. The Kier molecular flexibility index (Phi) is 3.84. The number of aryl methyl sites for hydroxylation is 2. The molecule has 16 heavy (non-hydrogen) atoms. The maximum absolute atomic E-state index is 6.14. The second-order valence-electron chi connectivity index (χ2n) is 4.26. The summed E-state index contributed by atoms with van der Waals surface area (Å²) in [4.78, 5) is 0. The van der Waals surface area contributed by atoms with Crippen LogP contribution in [0.4, 0.5) is 0 Å². The highest BCUT2D eigenvalue weighted by atomic mass is 35.5. The summed E-state index contributed by atoms with van der Waals surface area (Å²) in [6.45, 7) is 4.57. The number of halogens is 1. The third-order valence-electron chi connectivity index (χ3n) is 2.98. The zero-order valence-electron chi connectivity index (χ0n) is 9.79. The summed E-state index contributed by atoms with van der Waals surface area (Å²) in [5.74, 6) is 0. The zero-order valence-corrected chi connectivity index (χ0v) is 10.5. The lowest BCUT2D eigenvalue weighted by Crippen LogP contribution is -2.35. The van der Waals surface area contributed by atoms with Gasteiger partial charge in [-0.2, -0.15) is 5.10 Å². The Balaban J connectivity index is 1.93. The number of nitrogens with zero attached hydrogens (tertiary/aromatic N) is 2. The Morgan fingerprint density at radius 3 is 3.00 bits per heavy atom. The molecule has 1 aromatic heterocycles.